The molecule has 0 aliphatic carbocycles. The molecule has 0 atom stereocenters. The Kier molecular flexibility index (Phi) is 3.61. The topological polar surface area (TPSA) is 54.4 Å². The van der Waals surface area contributed by atoms with Crippen LogP contribution in [-0.4, -0.2) is 16.9 Å². The second kappa shape index (κ2) is 4.75. The average molecular weight is 218 g/mol. The van der Waals surface area contributed by atoms with Crippen molar-refractivity contribution in [1.82, 2.24) is 0 Å². The molecule has 0 aromatic heterocycles. The van der Waals surface area contributed by atoms with E-state index in [1.807, 2.05) is 26.0 Å². The summed E-state index contributed by atoms with van der Waals surface area (Å²) in [5.74, 6) is -1.33. The van der Waals surface area contributed by atoms with Crippen molar-refractivity contribution in [3.05, 3.63) is 47.0 Å². The molecule has 84 valence electrons. The molecular weight excluding hydrogens is 204 g/mol. The second-order valence-corrected chi connectivity index (χ2v) is 3.83. The number of ketones is 1. The summed E-state index contributed by atoms with van der Waals surface area (Å²) in [6, 6.07) is 5.54. The Balaban J connectivity index is 2.93. The molecule has 0 aliphatic rings. The lowest BCUT2D eigenvalue weighted by Crippen LogP contribution is -2.08. The van der Waals surface area contributed by atoms with E-state index < -0.39 is 5.97 Å². The van der Waals surface area contributed by atoms with Gasteiger partial charge in [-0.2, -0.15) is 0 Å². The SMILES string of the molecule is C=C(CC(=O)c1cc(C)ccc1C)C(=O)O. The van der Waals surface area contributed by atoms with Gasteiger partial charge in [-0.3, -0.25) is 4.79 Å². The Morgan fingerprint density at radius 3 is 2.50 bits per heavy atom. The molecule has 1 rings (SSSR count). The highest BCUT2D eigenvalue weighted by Gasteiger charge is 2.14. The van der Waals surface area contributed by atoms with Crippen LogP contribution in [-0.2, 0) is 4.79 Å². The summed E-state index contributed by atoms with van der Waals surface area (Å²) < 4.78 is 0. The molecule has 16 heavy (non-hydrogen) atoms. The van der Waals surface area contributed by atoms with Crippen LogP contribution in [0.5, 0.6) is 0 Å². The number of carbonyl (C=O) groups is 2. The van der Waals surface area contributed by atoms with Crippen LogP contribution >= 0.6 is 0 Å². The minimum Gasteiger partial charge on any atom is -0.478 e. The minimum atomic E-state index is -1.13. The highest BCUT2D eigenvalue weighted by atomic mass is 16.4. The van der Waals surface area contributed by atoms with Crippen LogP contribution in [0.4, 0.5) is 0 Å². The van der Waals surface area contributed by atoms with Gasteiger partial charge in [0.05, 0.1) is 0 Å². The summed E-state index contributed by atoms with van der Waals surface area (Å²) >= 11 is 0. The van der Waals surface area contributed by atoms with Crippen LogP contribution < -0.4 is 0 Å². The Morgan fingerprint density at radius 1 is 1.31 bits per heavy atom. The van der Waals surface area contributed by atoms with E-state index >= 15 is 0 Å². The molecular formula is C13H14O3. The molecule has 0 fully saturated rings. The van der Waals surface area contributed by atoms with Crippen molar-refractivity contribution >= 4 is 11.8 Å². The third-order valence-electron chi connectivity index (χ3n) is 2.37. The van der Waals surface area contributed by atoms with Gasteiger partial charge >= 0.3 is 5.97 Å². The van der Waals surface area contributed by atoms with Gasteiger partial charge in [0.15, 0.2) is 5.78 Å². The first-order valence-corrected chi connectivity index (χ1v) is 4.93. The number of benzene rings is 1. The summed E-state index contributed by atoms with van der Waals surface area (Å²) in [7, 11) is 0. The molecule has 1 aromatic rings. The molecule has 0 amide bonds. The van der Waals surface area contributed by atoms with Crippen molar-refractivity contribution in [1.29, 1.82) is 0 Å². The van der Waals surface area contributed by atoms with Crippen molar-refractivity contribution in [2.45, 2.75) is 20.3 Å². The molecule has 1 N–H and O–H groups in total. The lowest BCUT2D eigenvalue weighted by atomic mass is 9.98. The number of carboxylic acid groups (broad SMARTS) is 1. The number of carboxylic acids is 1. The maximum atomic E-state index is 11.8. The summed E-state index contributed by atoms with van der Waals surface area (Å²) in [5, 5.41) is 8.65. The highest BCUT2D eigenvalue weighted by Crippen LogP contribution is 2.15. The van der Waals surface area contributed by atoms with Gasteiger partial charge in [-0.15, -0.1) is 0 Å². The van der Waals surface area contributed by atoms with E-state index in [4.69, 9.17) is 5.11 Å². The van der Waals surface area contributed by atoms with Gasteiger partial charge in [-0.1, -0.05) is 24.3 Å². The molecule has 0 bridgehead atoms. The van der Waals surface area contributed by atoms with Crippen molar-refractivity contribution in [3.63, 3.8) is 0 Å². The first-order valence-electron chi connectivity index (χ1n) is 4.93. The summed E-state index contributed by atoms with van der Waals surface area (Å²) in [5.41, 5.74) is 2.33. The van der Waals surface area contributed by atoms with E-state index in [1.165, 1.54) is 0 Å². The van der Waals surface area contributed by atoms with Gasteiger partial charge in [0.1, 0.15) is 0 Å². The number of carbonyl (C=O) groups excluding carboxylic acids is 1. The summed E-state index contributed by atoms with van der Waals surface area (Å²) in [6.07, 6.45) is -0.139. The molecule has 0 saturated heterocycles. The minimum absolute atomic E-state index is 0.0779. The largest absolute Gasteiger partial charge is 0.478 e. The number of aliphatic carboxylic acids is 1. The lowest BCUT2D eigenvalue weighted by molar-refractivity contribution is -0.132. The van der Waals surface area contributed by atoms with Gasteiger partial charge in [0, 0.05) is 17.6 Å². The first kappa shape index (κ1) is 12.2. The second-order valence-electron chi connectivity index (χ2n) is 3.83. The zero-order valence-corrected chi connectivity index (χ0v) is 9.41. The molecule has 0 unspecified atom stereocenters. The zero-order chi connectivity index (χ0) is 12.3. The molecule has 3 nitrogen and oxygen atoms in total. The maximum Gasteiger partial charge on any atom is 0.331 e. The normalized spacial score (nSPS) is 9.88. The van der Waals surface area contributed by atoms with Crippen molar-refractivity contribution in [2.24, 2.45) is 0 Å². The number of hydrogen-bond acceptors (Lipinski definition) is 2. The standard InChI is InChI=1S/C13H14O3/c1-8-4-5-9(2)11(6-8)12(14)7-10(3)13(15)16/h4-6H,3,7H2,1-2H3,(H,15,16). The van der Waals surface area contributed by atoms with Crippen LogP contribution in [0.2, 0.25) is 0 Å². The third kappa shape index (κ3) is 2.79. The number of aryl methyl sites for hydroxylation is 2. The fraction of sp³-hybridized carbons (Fsp3) is 0.231. The smallest absolute Gasteiger partial charge is 0.331 e. The molecule has 0 aliphatic heterocycles. The van der Waals surface area contributed by atoms with Crippen LogP contribution in [0, 0.1) is 13.8 Å². The number of Topliss-reactive ketones (excluding diaryl/α,β-unsaturated/α-hetero) is 1. The van der Waals surface area contributed by atoms with E-state index in [2.05, 4.69) is 6.58 Å². The quantitative estimate of drug-likeness (QED) is 0.624. The summed E-state index contributed by atoms with van der Waals surface area (Å²) in [6.45, 7) is 7.07. The molecule has 0 radical (unpaired) electrons. The van der Waals surface area contributed by atoms with Crippen molar-refractivity contribution in [3.8, 4) is 0 Å². The van der Waals surface area contributed by atoms with Gasteiger partial charge in [-0.05, 0) is 25.5 Å². The van der Waals surface area contributed by atoms with E-state index in [1.54, 1.807) is 6.07 Å². The Labute approximate surface area is 94.4 Å². The van der Waals surface area contributed by atoms with E-state index in [9.17, 15) is 9.59 Å². The number of rotatable bonds is 4. The number of hydrogen-bond donors (Lipinski definition) is 1. The monoisotopic (exact) mass is 218 g/mol. The van der Waals surface area contributed by atoms with Crippen molar-refractivity contribution < 1.29 is 14.7 Å². The van der Waals surface area contributed by atoms with Gasteiger partial charge < -0.3 is 5.11 Å². The van der Waals surface area contributed by atoms with E-state index in [0.717, 1.165) is 11.1 Å². The molecule has 0 spiro atoms. The fourth-order valence-corrected chi connectivity index (χ4v) is 1.40. The average Bonchev–Trinajstić information content (AvgIpc) is 2.21. The Hall–Kier alpha value is -1.90. The maximum absolute atomic E-state index is 11.8. The van der Waals surface area contributed by atoms with Crippen LogP contribution in [0.3, 0.4) is 0 Å². The molecule has 3 heteroatoms. The van der Waals surface area contributed by atoms with E-state index in [0.29, 0.717) is 5.56 Å². The van der Waals surface area contributed by atoms with Gasteiger partial charge in [0.2, 0.25) is 0 Å². The van der Waals surface area contributed by atoms with Crippen LogP contribution in [0.15, 0.2) is 30.4 Å². The first-order chi connectivity index (χ1) is 7.41. The van der Waals surface area contributed by atoms with Gasteiger partial charge in [-0.25, -0.2) is 4.79 Å². The van der Waals surface area contributed by atoms with Gasteiger partial charge in [0.25, 0.3) is 0 Å². The fourth-order valence-electron chi connectivity index (χ4n) is 1.40. The highest BCUT2D eigenvalue weighted by molar-refractivity contribution is 6.03. The molecule has 0 heterocycles. The third-order valence-corrected chi connectivity index (χ3v) is 2.37. The predicted molar refractivity (Wildman–Crippen MR) is 61.6 cm³/mol. The zero-order valence-electron chi connectivity index (χ0n) is 9.41. The Bertz CT molecular complexity index is 458. The molecule has 0 saturated carbocycles. The van der Waals surface area contributed by atoms with Crippen LogP contribution in [0.1, 0.15) is 27.9 Å². The summed E-state index contributed by atoms with van der Waals surface area (Å²) in [4.78, 5) is 22.4. The van der Waals surface area contributed by atoms with Crippen molar-refractivity contribution in [2.75, 3.05) is 0 Å². The lowest BCUT2D eigenvalue weighted by Gasteiger charge is -2.06. The molecule has 1 aromatic carbocycles. The van der Waals surface area contributed by atoms with Crippen LogP contribution in [0.25, 0.3) is 0 Å². The predicted octanol–water partition coefficient (Wildman–Crippen LogP) is 2.52. The van der Waals surface area contributed by atoms with E-state index in [-0.39, 0.29) is 17.8 Å². The Morgan fingerprint density at radius 2 is 1.94 bits per heavy atom.